The van der Waals surface area contributed by atoms with E-state index in [1.165, 1.54) is 0 Å². The zero-order chi connectivity index (χ0) is 20.1. The van der Waals surface area contributed by atoms with E-state index in [0.717, 1.165) is 31.5 Å². The molecular formula is C21H27N3O4. The first-order valence-corrected chi connectivity index (χ1v) is 9.64. The first-order chi connectivity index (χ1) is 13.4. The summed E-state index contributed by atoms with van der Waals surface area (Å²) in [6.45, 7) is 7.39. The van der Waals surface area contributed by atoms with Crippen LogP contribution in [0.5, 0.6) is 5.75 Å². The van der Waals surface area contributed by atoms with Crippen LogP contribution in [0.2, 0.25) is 0 Å². The zero-order valence-electron chi connectivity index (χ0n) is 16.7. The predicted molar refractivity (Wildman–Crippen MR) is 104 cm³/mol. The van der Waals surface area contributed by atoms with E-state index in [0.29, 0.717) is 29.0 Å². The maximum atomic E-state index is 12.7. The average Bonchev–Trinajstić information content (AvgIpc) is 3.05. The van der Waals surface area contributed by atoms with E-state index < -0.39 is 0 Å². The number of benzene rings is 1. The van der Waals surface area contributed by atoms with Gasteiger partial charge in [-0.3, -0.25) is 9.59 Å². The minimum atomic E-state index is -0.282. The van der Waals surface area contributed by atoms with Crippen LogP contribution in [0, 0.1) is 19.8 Å². The van der Waals surface area contributed by atoms with Crippen LogP contribution in [-0.2, 0) is 11.3 Å². The number of hydrogen-bond donors (Lipinski definition) is 1. The number of piperidine rings is 1. The molecule has 0 spiro atoms. The number of carbonyl (C=O) groups is 2. The normalized spacial score (nSPS) is 14.8. The SMILES string of the molecule is Cc1cccc(OCC(=O)NCc2nc(C(=O)N3CCC(C)CC3)c(C)o2)c1. The smallest absolute Gasteiger partial charge is 0.276 e. The highest BCUT2D eigenvalue weighted by molar-refractivity contribution is 5.93. The molecule has 1 fully saturated rings. The number of carbonyl (C=O) groups excluding carboxylic acids is 2. The minimum Gasteiger partial charge on any atom is -0.484 e. The van der Waals surface area contributed by atoms with Crippen LogP contribution in [0.3, 0.4) is 0 Å². The molecule has 28 heavy (non-hydrogen) atoms. The van der Waals surface area contributed by atoms with E-state index in [4.69, 9.17) is 9.15 Å². The fraction of sp³-hybridized carbons (Fsp3) is 0.476. The number of rotatable bonds is 6. The second kappa shape index (κ2) is 8.91. The van der Waals surface area contributed by atoms with Crippen LogP contribution in [0.4, 0.5) is 0 Å². The van der Waals surface area contributed by atoms with Gasteiger partial charge in [-0.25, -0.2) is 4.98 Å². The third kappa shape index (κ3) is 5.12. The van der Waals surface area contributed by atoms with Crippen molar-refractivity contribution in [2.24, 2.45) is 5.92 Å². The first kappa shape index (κ1) is 19.9. The van der Waals surface area contributed by atoms with Gasteiger partial charge in [0.15, 0.2) is 12.3 Å². The van der Waals surface area contributed by atoms with E-state index >= 15 is 0 Å². The van der Waals surface area contributed by atoms with Gasteiger partial charge in [0, 0.05) is 13.1 Å². The Morgan fingerprint density at radius 2 is 2.04 bits per heavy atom. The van der Waals surface area contributed by atoms with Gasteiger partial charge < -0.3 is 19.4 Å². The monoisotopic (exact) mass is 385 g/mol. The molecule has 3 rings (SSSR count). The highest BCUT2D eigenvalue weighted by Crippen LogP contribution is 2.20. The van der Waals surface area contributed by atoms with Crippen LogP contribution < -0.4 is 10.1 Å². The average molecular weight is 385 g/mol. The molecule has 150 valence electrons. The van der Waals surface area contributed by atoms with Gasteiger partial charge in [0.1, 0.15) is 11.5 Å². The maximum absolute atomic E-state index is 12.7. The molecular weight excluding hydrogens is 358 g/mol. The molecule has 0 saturated carbocycles. The summed E-state index contributed by atoms with van der Waals surface area (Å²) in [4.78, 5) is 30.8. The third-order valence-electron chi connectivity index (χ3n) is 4.91. The van der Waals surface area contributed by atoms with Crippen molar-refractivity contribution in [2.75, 3.05) is 19.7 Å². The molecule has 0 unspecified atom stereocenters. The molecule has 2 heterocycles. The number of hydrogen-bond acceptors (Lipinski definition) is 5. The van der Waals surface area contributed by atoms with E-state index in [9.17, 15) is 9.59 Å². The summed E-state index contributed by atoms with van der Waals surface area (Å²) in [5.74, 6) is 1.70. The van der Waals surface area contributed by atoms with Gasteiger partial charge in [-0.1, -0.05) is 19.1 Å². The molecule has 0 aliphatic carbocycles. The lowest BCUT2D eigenvalue weighted by molar-refractivity contribution is -0.123. The molecule has 7 heteroatoms. The fourth-order valence-corrected chi connectivity index (χ4v) is 3.17. The fourth-order valence-electron chi connectivity index (χ4n) is 3.17. The van der Waals surface area contributed by atoms with Crippen molar-refractivity contribution in [2.45, 2.75) is 40.2 Å². The molecule has 0 atom stereocenters. The summed E-state index contributed by atoms with van der Waals surface area (Å²) in [7, 11) is 0. The van der Waals surface area contributed by atoms with E-state index in [1.54, 1.807) is 13.0 Å². The minimum absolute atomic E-state index is 0.0963. The zero-order valence-corrected chi connectivity index (χ0v) is 16.7. The largest absolute Gasteiger partial charge is 0.484 e. The topological polar surface area (TPSA) is 84.7 Å². The lowest BCUT2D eigenvalue weighted by Crippen LogP contribution is -2.38. The van der Waals surface area contributed by atoms with Crippen molar-refractivity contribution in [1.29, 1.82) is 0 Å². The van der Waals surface area contributed by atoms with Crippen molar-refractivity contribution in [1.82, 2.24) is 15.2 Å². The van der Waals surface area contributed by atoms with Gasteiger partial charge in [-0.2, -0.15) is 0 Å². The first-order valence-electron chi connectivity index (χ1n) is 9.64. The van der Waals surface area contributed by atoms with Crippen LogP contribution in [-0.4, -0.2) is 41.4 Å². The summed E-state index contributed by atoms with van der Waals surface area (Å²) in [5, 5.41) is 2.70. The lowest BCUT2D eigenvalue weighted by atomic mass is 9.99. The van der Waals surface area contributed by atoms with Crippen LogP contribution in [0.1, 0.15) is 47.5 Å². The number of aryl methyl sites for hydroxylation is 2. The van der Waals surface area contributed by atoms with Crippen LogP contribution in [0.25, 0.3) is 0 Å². The third-order valence-corrected chi connectivity index (χ3v) is 4.91. The second-order valence-corrected chi connectivity index (χ2v) is 7.37. The number of likely N-dealkylation sites (tertiary alicyclic amines) is 1. The van der Waals surface area contributed by atoms with Crippen molar-refractivity contribution >= 4 is 11.8 Å². The number of amides is 2. The van der Waals surface area contributed by atoms with E-state index in [-0.39, 0.29) is 25.0 Å². The molecule has 0 bridgehead atoms. The molecule has 1 aliphatic heterocycles. The van der Waals surface area contributed by atoms with Crippen molar-refractivity contribution in [3.63, 3.8) is 0 Å². The number of nitrogens with zero attached hydrogens (tertiary/aromatic N) is 2. The van der Waals surface area contributed by atoms with Crippen LogP contribution >= 0.6 is 0 Å². The number of oxazole rings is 1. The highest BCUT2D eigenvalue weighted by atomic mass is 16.5. The second-order valence-electron chi connectivity index (χ2n) is 7.37. The molecule has 7 nitrogen and oxygen atoms in total. The Morgan fingerprint density at radius 1 is 1.29 bits per heavy atom. The Hall–Kier alpha value is -2.83. The van der Waals surface area contributed by atoms with Crippen molar-refractivity contribution in [3.05, 3.63) is 47.2 Å². The Kier molecular flexibility index (Phi) is 6.34. The number of nitrogens with one attached hydrogen (secondary N) is 1. The van der Waals surface area contributed by atoms with Gasteiger partial charge >= 0.3 is 0 Å². The van der Waals surface area contributed by atoms with Gasteiger partial charge in [0.25, 0.3) is 11.8 Å². The molecule has 2 amide bonds. The molecule has 1 aliphatic rings. The lowest BCUT2D eigenvalue weighted by Gasteiger charge is -2.29. The maximum Gasteiger partial charge on any atom is 0.276 e. The van der Waals surface area contributed by atoms with Gasteiger partial charge in [-0.15, -0.1) is 0 Å². The van der Waals surface area contributed by atoms with Gasteiger partial charge in [0.2, 0.25) is 5.89 Å². The molecule has 0 radical (unpaired) electrons. The van der Waals surface area contributed by atoms with Gasteiger partial charge in [0.05, 0.1) is 6.54 Å². The Morgan fingerprint density at radius 3 is 2.75 bits per heavy atom. The van der Waals surface area contributed by atoms with E-state index in [2.05, 4.69) is 17.2 Å². The standard InChI is InChI=1S/C21H27N3O4/c1-14-7-9-24(10-8-14)21(26)20-16(3)28-19(23-20)12-22-18(25)13-27-17-6-4-5-15(2)11-17/h4-6,11,14H,7-10,12-13H2,1-3H3,(H,22,25). The summed E-state index contributed by atoms with van der Waals surface area (Å²) in [6, 6.07) is 7.50. The van der Waals surface area contributed by atoms with Crippen molar-refractivity contribution < 1.29 is 18.7 Å². The molecule has 1 N–H and O–H groups in total. The molecule has 2 aromatic rings. The predicted octanol–water partition coefficient (Wildman–Crippen LogP) is 2.86. The summed E-state index contributed by atoms with van der Waals surface area (Å²) < 4.78 is 11.0. The van der Waals surface area contributed by atoms with E-state index in [1.807, 2.05) is 30.0 Å². The molecule has 1 saturated heterocycles. The number of aromatic nitrogens is 1. The summed E-state index contributed by atoms with van der Waals surface area (Å²) in [5.41, 5.74) is 1.39. The Balaban J connectivity index is 1.50. The van der Waals surface area contributed by atoms with Gasteiger partial charge in [-0.05, 0) is 50.3 Å². The van der Waals surface area contributed by atoms with Crippen LogP contribution in [0.15, 0.2) is 28.7 Å². The summed E-state index contributed by atoms with van der Waals surface area (Å²) >= 11 is 0. The Bertz CT molecular complexity index is 838. The summed E-state index contributed by atoms with van der Waals surface area (Å²) in [6.07, 6.45) is 2.01. The highest BCUT2D eigenvalue weighted by Gasteiger charge is 2.26. The molecule has 1 aromatic carbocycles. The van der Waals surface area contributed by atoms with Crippen molar-refractivity contribution in [3.8, 4) is 5.75 Å². The number of ether oxygens (including phenoxy) is 1. The Labute approximate surface area is 165 Å². The molecule has 1 aromatic heterocycles. The quantitative estimate of drug-likeness (QED) is 0.826.